The van der Waals surface area contributed by atoms with Gasteiger partial charge in [-0.05, 0) is 54.8 Å². The highest BCUT2D eigenvalue weighted by atomic mass is 35.5. The third-order valence-corrected chi connectivity index (χ3v) is 7.87. The topological polar surface area (TPSA) is 83.1 Å². The van der Waals surface area contributed by atoms with Crippen molar-refractivity contribution < 1.29 is 27.3 Å². The fourth-order valence-corrected chi connectivity index (χ4v) is 6.28. The van der Waals surface area contributed by atoms with Crippen LogP contribution in [0.25, 0.3) is 11.1 Å². The van der Waals surface area contributed by atoms with Crippen molar-refractivity contribution in [2.75, 3.05) is 13.2 Å². The summed E-state index contributed by atoms with van der Waals surface area (Å²) >= 11 is 6.24. The highest BCUT2D eigenvalue weighted by Crippen LogP contribution is 2.55. The second-order valence-corrected chi connectivity index (χ2v) is 10.9. The van der Waals surface area contributed by atoms with Crippen molar-refractivity contribution in [1.29, 1.82) is 0 Å². The molecule has 33 heavy (non-hydrogen) atoms. The molecular weight excluding hydrogens is 484 g/mol. The van der Waals surface area contributed by atoms with Gasteiger partial charge in [0.15, 0.2) is 0 Å². The van der Waals surface area contributed by atoms with Gasteiger partial charge in [-0.15, -0.1) is 0 Å². The predicted octanol–water partition coefficient (Wildman–Crippen LogP) is 7.48. The lowest BCUT2D eigenvalue weighted by Gasteiger charge is -2.23. The number of hydrogen-bond acceptors (Lipinski definition) is 6. The monoisotopic (exact) mass is 509 g/mol. The Morgan fingerprint density at radius 3 is 2.06 bits per heavy atom. The summed E-state index contributed by atoms with van der Waals surface area (Å²) in [5, 5.41) is 2.78. The Kier molecular flexibility index (Phi) is 9.30. The quantitative estimate of drug-likeness (QED) is 0.200. The van der Waals surface area contributed by atoms with Crippen LogP contribution in [0.2, 0.25) is 5.02 Å². The number of hydrogen-bond donors (Lipinski definition) is 1. The number of halogens is 1. The van der Waals surface area contributed by atoms with E-state index in [1.54, 1.807) is 56.3 Å². The molecule has 0 saturated carbocycles. The summed E-state index contributed by atoms with van der Waals surface area (Å²) in [6.07, 6.45) is -0.130. The van der Waals surface area contributed by atoms with Crippen molar-refractivity contribution in [3.05, 3.63) is 89.4 Å². The van der Waals surface area contributed by atoms with E-state index in [4.69, 9.17) is 29.8 Å². The zero-order chi connectivity index (χ0) is 23.7. The van der Waals surface area contributed by atoms with Gasteiger partial charge < -0.3 is 4.52 Å². The summed E-state index contributed by atoms with van der Waals surface area (Å²) in [5.74, 6) is 0.334. The second kappa shape index (κ2) is 12.0. The van der Waals surface area contributed by atoms with Crippen LogP contribution in [0.3, 0.4) is 0 Å². The Labute approximate surface area is 199 Å². The SMILES string of the molecule is CCOP(=O)(NOP(=O)(Cc1ccc(Cl)cc1-c1ccccc1)Oc1ccccc1)OCC. The standard InChI is InChI=1S/C23H26ClNO6P2/c1-3-28-33(27,29-4-2)25-31-32(26,30-22-13-9-6-10-14-22)18-20-15-16-21(24)17-23(20)19-11-7-5-8-12-19/h5-17H,3-4,18H2,1-2H3,(H,25,27). The van der Waals surface area contributed by atoms with Crippen molar-refractivity contribution in [2.45, 2.75) is 20.0 Å². The summed E-state index contributed by atoms with van der Waals surface area (Å²) in [6, 6.07) is 23.4. The van der Waals surface area contributed by atoms with E-state index in [0.29, 0.717) is 16.3 Å². The molecule has 0 saturated heterocycles. The van der Waals surface area contributed by atoms with Gasteiger partial charge in [0.05, 0.1) is 19.4 Å². The van der Waals surface area contributed by atoms with E-state index in [1.807, 2.05) is 36.4 Å². The predicted molar refractivity (Wildman–Crippen MR) is 130 cm³/mol. The number of para-hydroxylation sites is 1. The van der Waals surface area contributed by atoms with E-state index in [2.05, 4.69) is 5.25 Å². The van der Waals surface area contributed by atoms with Crippen LogP contribution in [0.5, 0.6) is 5.75 Å². The van der Waals surface area contributed by atoms with Gasteiger partial charge in [0.25, 0.3) is 0 Å². The Bertz CT molecular complexity index is 1120. The first kappa shape index (κ1) is 25.7. The fraction of sp³-hybridized carbons (Fsp3) is 0.217. The highest BCUT2D eigenvalue weighted by molar-refractivity contribution is 7.55. The van der Waals surface area contributed by atoms with E-state index in [1.165, 1.54) is 0 Å². The number of nitrogens with one attached hydrogen (secondary N) is 1. The molecule has 3 aromatic rings. The molecule has 1 N–H and O–H groups in total. The third-order valence-electron chi connectivity index (χ3n) is 4.40. The molecule has 3 rings (SSSR count). The highest BCUT2D eigenvalue weighted by Gasteiger charge is 2.34. The molecule has 0 aliphatic heterocycles. The van der Waals surface area contributed by atoms with E-state index in [-0.39, 0.29) is 19.4 Å². The molecule has 1 unspecified atom stereocenters. The number of rotatable bonds is 12. The second-order valence-electron chi connectivity index (χ2n) is 6.86. The normalized spacial score (nSPS) is 13.4. The summed E-state index contributed by atoms with van der Waals surface area (Å²) < 4.78 is 48.3. The van der Waals surface area contributed by atoms with Gasteiger partial charge in [-0.3, -0.25) is 9.05 Å². The van der Waals surface area contributed by atoms with Crippen LogP contribution in [-0.2, 0) is 29.0 Å². The Morgan fingerprint density at radius 1 is 0.848 bits per heavy atom. The Morgan fingerprint density at radius 2 is 1.45 bits per heavy atom. The largest absolute Gasteiger partial charge is 0.429 e. The zero-order valence-electron chi connectivity index (χ0n) is 18.3. The maximum Gasteiger partial charge on any atom is 0.429 e. The third kappa shape index (κ3) is 7.53. The van der Waals surface area contributed by atoms with Gasteiger partial charge in [0, 0.05) is 5.02 Å². The average molecular weight is 510 g/mol. The smallest absolute Gasteiger partial charge is 0.423 e. The first-order valence-corrected chi connectivity index (χ1v) is 14.0. The van der Waals surface area contributed by atoms with Crippen LogP contribution < -0.4 is 9.77 Å². The maximum atomic E-state index is 13.9. The van der Waals surface area contributed by atoms with Crippen LogP contribution >= 0.6 is 26.9 Å². The molecular formula is C23H26ClNO6P2. The fourth-order valence-electron chi connectivity index (χ4n) is 3.05. The van der Waals surface area contributed by atoms with E-state index in [0.717, 1.165) is 11.1 Å². The lowest BCUT2D eigenvalue weighted by atomic mass is 10.0. The van der Waals surface area contributed by atoms with Crippen LogP contribution in [0.1, 0.15) is 19.4 Å². The lowest BCUT2D eigenvalue weighted by Crippen LogP contribution is -2.17. The van der Waals surface area contributed by atoms with Gasteiger partial charge in [0.1, 0.15) is 5.75 Å². The molecule has 176 valence electrons. The molecule has 0 aliphatic carbocycles. The molecule has 0 radical (unpaired) electrons. The van der Waals surface area contributed by atoms with Crippen molar-refractivity contribution in [3.8, 4) is 16.9 Å². The van der Waals surface area contributed by atoms with Crippen molar-refractivity contribution >= 4 is 26.9 Å². The zero-order valence-corrected chi connectivity index (χ0v) is 20.9. The molecule has 0 spiro atoms. The minimum absolute atomic E-state index is 0.104. The molecule has 0 aliphatic rings. The van der Waals surface area contributed by atoms with Crippen molar-refractivity contribution in [1.82, 2.24) is 5.25 Å². The molecule has 7 nitrogen and oxygen atoms in total. The number of benzene rings is 3. The maximum absolute atomic E-state index is 13.9. The van der Waals surface area contributed by atoms with Crippen LogP contribution in [0, 0.1) is 0 Å². The summed E-state index contributed by atoms with van der Waals surface area (Å²) in [6.45, 7) is 3.53. The molecule has 0 bridgehead atoms. The summed E-state index contributed by atoms with van der Waals surface area (Å²) in [5.41, 5.74) is 2.35. The van der Waals surface area contributed by atoms with Gasteiger partial charge >= 0.3 is 15.3 Å². The molecule has 0 aromatic heterocycles. The first-order valence-electron chi connectivity index (χ1n) is 10.4. The van der Waals surface area contributed by atoms with Crippen molar-refractivity contribution in [3.63, 3.8) is 0 Å². The summed E-state index contributed by atoms with van der Waals surface area (Å²) in [4.78, 5) is 0. The molecule has 0 heterocycles. The molecule has 1 atom stereocenters. The van der Waals surface area contributed by atoms with Gasteiger partial charge in [-0.1, -0.05) is 71.4 Å². The molecule has 0 fully saturated rings. The van der Waals surface area contributed by atoms with Gasteiger partial charge in [0.2, 0.25) is 0 Å². The Hall–Kier alpha value is -1.95. The van der Waals surface area contributed by atoms with Crippen LogP contribution in [0.4, 0.5) is 0 Å². The Balaban J connectivity index is 1.95. The lowest BCUT2D eigenvalue weighted by molar-refractivity contribution is 0.144. The van der Waals surface area contributed by atoms with Crippen LogP contribution in [0.15, 0.2) is 78.9 Å². The average Bonchev–Trinajstić information content (AvgIpc) is 2.81. The summed E-state index contributed by atoms with van der Waals surface area (Å²) in [7, 11) is -7.80. The minimum atomic E-state index is -3.96. The van der Waals surface area contributed by atoms with Crippen LogP contribution in [-0.4, -0.2) is 13.2 Å². The van der Waals surface area contributed by atoms with E-state index >= 15 is 0 Å². The minimum Gasteiger partial charge on any atom is -0.423 e. The van der Waals surface area contributed by atoms with E-state index in [9.17, 15) is 9.13 Å². The van der Waals surface area contributed by atoms with E-state index < -0.39 is 15.3 Å². The van der Waals surface area contributed by atoms with Gasteiger partial charge in [-0.25, -0.2) is 13.8 Å². The first-order chi connectivity index (χ1) is 15.9. The molecule has 10 heteroatoms. The van der Waals surface area contributed by atoms with Crippen molar-refractivity contribution in [2.24, 2.45) is 0 Å². The van der Waals surface area contributed by atoms with Gasteiger partial charge in [-0.2, -0.15) is 0 Å². The molecule has 3 aromatic carbocycles. The molecule has 0 amide bonds.